The molecule has 146 valence electrons. The number of nitrogens with one attached hydrogen (secondary N) is 2. The van der Waals surface area contributed by atoms with Crippen molar-refractivity contribution in [1.82, 2.24) is 15.2 Å². The zero-order valence-corrected chi connectivity index (χ0v) is 17.0. The lowest BCUT2D eigenvalue weighted by Gasteiger charge is -2.36. The average molecular weight is 443 g/mol. The van der Waals surface area contributed by atoms with Gasteiger partial charge in [0.05, 0.1) is 12.6 Å². The molecular weight excluding hydrogens is 420 g/mol. The number of amides is 1. The standard InChI is InChI=1S/C21H23BrN4O2/c22-14-4-5-18-17(11-14)16-6-9-26(19(28)12-24-8-7-23)21(20(16)25-18)13-2-1-3-15(27)10-13/h1-5,10-11,21,24-25,27H,6-9,12,23H2. The second kappa shape index (κ2) is 7.95. The number of nitrogens with zero attached hydrogens (tertiary/aromatic N) is 1. The fourth-order valence-electron chi connectivity index (χ4n) is 3.97. The van der Waals surface area contributed by atoms with Gasteiger partial charge in [0.2, 0.25) is 5.91 Å². The number of aromatic nitrogens is 1. The maximum Gasteiger partial charge on any atom is 0.237 e. The Morgan fingerprint density at radius 3 is 2.96 bits per heavy atom. The first-order chi connectivity index (χ1) is 13.6. The number of fused-ring (bicyclic) bond motifs is 3. The van der Waals surface area contributed by atoms with E-state index in [-0.39, 0.29) is 24.2 Å². The summed E-state index contributed by atoms with van der Waals surface area (Å²) >= 11 is 3.55. The van der Waals surface area contributed by atoms with Crippen LogP contribution >= 0.6 is 15.9 Å². The Balaban J connectivity index is 1.79. The molecule has 0 aliphatic carbocycles. The zero-order chi connectivity index (χ0) is 19.7. The molecule has 7 heteroatoms. The predicted molar refractivity (Wildman–Crippen MR) is 113 cm³/mol. The normalized spacial score (nSPS) is 16.4. The smallest absolute Gasteiger partial charge is 0.237 e. The van der Waals surface area contributed by atoms with Crippen LogP contribution in [0.5, 0.6) is 5.75 Å². The first kappa shape index (κ1) is 19.0. The predicted octanol–water partition coefficient (Wildman–Crippen LogP) is 2.66. The molecule has 1 aliphatic rings. The Labute approximate surface area is 171 Å². The number of nitrogens with two attached hydrogens (primary N) is 1. The molecule has 5 N–H and O–H groups in total. The number of hydrogen-bond donors (Lipinski definition) is 4. The third-order valence-electron chi connectivity index (χ3n) is 5.19. The van der Waals surface area contributed by atoms with Crippen molar-refractivity contribution in [2.24, 2.45) is 5.73 Å². The zero-order valence-electron chi connectivity index (χ0n) is 15.4. The molecule has 0 saturated carbocycles. The number of benzene rings is 2. The number of hydrogen-bond acceptors (Lipinski definition) is 4. The van der Waals surface area contributed by atoms with E-state index in [1.165, 1.54) is 10.9 Å². The van der Waals surface area contributed by atoms with Gasteiger partial charge in [-0.2, -0.15) is 0 Å². The highest BCUT2D eigenvalue weighted by atomic mass is 79.9. The summed E-state index contributed by atoms with van der Waals surface area (Å²) in [5.41, 5.74) is 9.70. The molecule has 0 radical (unpaired) electrons. The van der Waals surface area contributed by atoms with Crippen LogP contribution in [0.1, 0.15) is 22.9 Å². The van der Waals surface area contributed by atoms with Crippen LogP contribution < -0.4 is 11.1 Å². The van der Waals surface area contributed by atoms with Crippen molar-refractivity contribution < 1.29 is 9.90 Å². The molecule has 3 aromatic rings. The second-order valence-corrected chi connectivity index (χ2v) is 7.92. The van der Waals surface area contributed by atoms with E-state index >= 15 is 0 Å². The number of halogens is 1. The molecule has 1 aliphatic heterocycles. The number of aromatic hydroxyl groups is 1. The van der Waals surface area contributed by atoms with Gasteiger partial charge >= 0.3 is 0 Å². The van der Waals surface area contributed by atoms with Gasteiger partial charge in [-0.1, -0.05) is 28.1 Å². The number of aromatic amines is 1. The van der Waals surface area contributed by atoms with Crippen molar-refractivity contribution in [3.8, 4) is 5.75 Å². The topological polar surface area (TPSA) is 94.4 Å². The van der Waals surface area contributed by atoms with Gasteiger partial charge in [0.1, 0.15) is 5.75 Å². The van der Waals surface area contributed by atoms with Crippen molar-refractivity contribution in [2.45, 2.75) is 12.5 Å². The molecule has 1 atom stereocenters. The van der Waals surface area contributed by atoms with Gasteiger partial charge in [0.25, 0.3) is 0 Å². The van der Waals surface area contributed by atoms with Gasteiger partial charge in [-0.05, 0) is 47.9 Å². The van der Waals surface area contributed by atoms with Crippen LogP contribution in [0.3, 0.4) is 0 Å². The third kappa shape index (κ3) is 3.53. The van der Waals surface area contributed by atoms with Crippen LogP contribution in [-0.2, 0) is 11.2 Å². The molecule has 0 spiro atoms. The number of phenolic OH excluding ortho intramolecular Hbond substituents is 1. The van der Waals surface area contributed by atoms with Crippen molar-refractivity contribution >= 4 is 32.7 Å². The average Bonchev–Trinajstić information content (AvgIpc) is 3.05. The fraction of sp³-hybridized carbons (Fsp3) is 0.286. The van der Waals surface area contributed by atoms with Crippen LogP contribution in [0.4, 0.5) is 0 Å². The molecule has 0 bridgehead atoms. The Kier molecular flexibility index (Phi) is 5.39. The summed E-state index contributed by atoms with van der Waals surface area (Å²) in [7, 11) is 0. The molecule has 4 rings (SSSR count). The monoisotopic (exact) mass is 442 g/mol. The molecule has 2 heterocycles. The number of H-pyrrole nitrogens is 1. The second-order valence-electron chi connectivity index (χ2n) is 7.01. The minimum Gasteiger partial charge on any atom is -0.508 e. The highest BCUT2D eigenvalue weighted by Gasteiger charge is 2.34. The van der Waals surface area contributed by atoms with Gasteiger partial charge in [0, 0.05) is 40.7 Å². The summed E-state index contributed by atoms with van der Waals surface area (Å²) in [6.07, 6.45) is 0.781. The Hall–Kier alpha value is -2.35. The van der Waals surface area contributed by atoms with E-state index in [2.05, 4.69) is 32.3 Å². The molecule has 0 saturated heterocycles. The van der Waals surface area contributed by atoms with E-state index in [1.807, 2.05) is 29.2 Å². The van der Waals surface area contributed by atoms with E-state index in [9.17, 15) is 9.90 Å². The molecule has 1 aromatic heterocycles. The molecule has 1 amide bonds. The lowest BCUT2D eigenvalue weighted by Crippen LogP contribution is -2.45. The highest BCUT2D eigenvalue weighted by molar-refractivity contribution is 9.10. The SMILES string of the molecule is NCCNCC(=O)N1CCc2c([nH]c3ccc(Br)cc23)C1c1cccc(O)c1. The highest BCUT2D eigenvalue weighted by Crippen LogP contribution is 2.39. The Morgan fingerprint density at radius 1 is 1.32 bits per heavy atom. The Bertz CT molecular complexity index is 1020. The van der Waals surface area contributed by atoms with E-state index in [1.54, 1.807) is 12.1 Å². The van der Waals surface area contributed by atoms with Crippen LogP contribution in [0, 0.1) is 0 Å². The van der Waals surface area contributed by atoms with Crippen molar-refractivity contribution in [1.29, 1.82) is 0 Å². The summed E-state index contributed by atoms with van der Waals surface area (Å²) in [6.45, 7) is 1.95. The quantitative estimate of drug-likeness (QED) is 0.456. The summed E-state index contributed by atoms with van der Waals surface area (Å²) in [5, 5.41) is 14.3. The summed E-state index contributed by atoms with van der Waals surface area (Å²) in [5.74, 6) is 0.212. The number of carbonyl (C=O) groups is 1. The van der Waals surface area contributed by atoms with Gasteiger partial charge in [-0.3, -0.25) is 4.79 Å². The summed E-state index contributed by atoms with van der Waals surface area (Å²) in [6, 6.07) is 13.0. The first-order valence-corrected chi connectivity index (χ1v) is 10.2. The van der Waals surface area contributed by atoms with Gasteiger partial charge in [-0.15, -0.1) is 0 Å². The molecule has 2 aromatic carbocycles. The maximum atomic E-state index is 13.0. The van der Waals surface area contributed by atoms with Crippen molar-refractivity contribution in [3.63, 3.8) is 0 Å². The van der Waals surface area contributed by atoms with Gasteiger partial charge in [0.15, 0.2) is 0 Å². The van der Waals surface area contributed by atoms with Crippen molar-refractivity contribution in [2.75, 3.05) is 26.2 Å². The van der Waals surface area contributed by atoms with Gasteiger partial charge < -0.3 is 26.0 Å². The first-order valence-electron chi connectivity index (χ1n) is 9.37. The van der Waals surface area contributed by atoms with Crippen LogP contribution in [0.15, 0.2) is 46.9 Å². The summed E-state index contributed by atoms with van der Waals surface area (Å²) in [4.78, 5) is 18.4. The van der Waals surface area contributed by atoms with Gasteiger partial charge in [-0.25, -0.2) is 0 Å². The third-order valence-corrected chi connectivity index (χ3v) is 5.69. The summed E-state index contributed by atoms with van der Waals surface area (Å²) < 4.78 is 1.03. The molecule has 1 unspecified atom stereocenters. The Morgan fingerprint density at radius 2 is 2.18 bits per heavy atom. The molecule has 0 fully saturated rings. The fourth-order valence-corrected chi connectivity index (χ4v) is 4.33. The molecule has 28 heavy (non-hydrogen) atoms. The number of phenols is 1. The van der Waals surface area contributed by atoms with Crippen LogP contribution in [0.25, 0.3) is 10.9 Å². The number of rotatable bonds is 5. The number of carbonyl (C=O) groups excluding carboxylic acids is 1. The van der Waals surface area contributed by atoms with Crippen molar-refractivity contribution in [3.05, 3.63) is 63.8 Å². The van der Waals surface area contributed by atoms with E-state index in [4.69, 9.17) is 5.73 Å². The lowest BCUT2D eigenvalue weighted by molar-refractivity contribution is -0.132. The molecular formula is C21H23BrN4O2. The van der Waals surface area contributed by atoms with Crippen LogP contribution in [-0.4, -0.2) is 47.1 Å². The minimum atomic E-state index is -0.269. The lowest BCUT2D eigenvalue weighted by atomic mass is 9.92. The van der Waals surface area contributed by atoms with Crippen LogP contribution in [0.2, 0.25) is 0 Å². The maximum absolute atomic E-state index is 13.0. The molecule has 6 nitrogen and oxygen atoms in total. The van der Waals surface area contributed by atoms with E-state index < -0.39 is 0 Å². The van der Waals surface area contributed by atoms with E-state index in [0.29, 0.717) is 19.6 Å². The largest absolute Gasteiger partial charge is 0.508 e. The van der Waals surface area contributed by atoms with E-state index in [0.717, 1.165) is 27.7 Å². The minimum absolute atomic E-state index is 0.0206.